The number of carboxylic acid groups (broad SMARTS) is 1. The summed E-state index contributed by atoms with van der Waals surface area (Å²) in [6, 6.07) is 1.34. The highest BCUT2D eigenvalue weighted by atomic mass is 32.2. The number of carbonyl (C=O) groups is 1. The Hall–Kier alpha value is -1.54. The summed E-state index contributed by atoms with van der Waals surface area (Å²) in [5.74, 6) is -4.69. The summed E-state index contributed by atoms with van der Waals surface area (Å²) in [6.45, 7) is 3.89. The van der Waals surface area contributed by atoms with E-state index in [0.29, 0.717) is 12.1 Å². The fourth-order valence-electron chi connectivity index (χ4n) is 1.82. The van der Waals surface area contributed by atoms with E-state index in [1.165, 1.54) is 0 Å². The van der Waals surface area contributed by atoms with Crippen molar-refractivity contribution in [1.29, 1.82) is 0 Å². The van der Waals surface area contributed by atoms with Gasteiger partial charge in [0, 0.05) is 6.54 Å². The largest absolute Gasteiger partial charge is 0.477 e. The lowest BCUT2D eigenvalue weighted by Gasteiger charge is -2.14. The molecule has 1 aromatic carbocycles. The van der Waals surface area contributed by atoms with Crippen LogP contribution in [0.5, 0.6) is 0 Å². The van der Waals surface area contributed by atoms with Crippen LogP contribution < -0.4 is 4.72 Å². The third-order valence-electron chi connectivity index (χ3n) is 3.28. The Kier molecular flexibility index (Phi) is 5.79. The molecule has 0 atom stereocenters. The summed E-state index contributed by atoms with van der Waals surface area (Å²) in [7, 11) is -4.23. The van der Waals surface area contributed by atoms with E-state index in [9.17, 15) is 22.0 Å². The van der Waals surface area contributed by atoms with Gasteiger partial charge in [0.05, 0.1) is 0 Å². The Morgan fingerprint density at radius 3 is 2.33 bits per heavy atom. The topological polar surface area (TPSA) is 83.5 Å². The number of benzene rings is 1. The van der Waals surface area contributed by atoms with Crippen molar-refractivity contribution < 1.29 is 27.1 Å². The molecule has 0 amide bonds. The van der Waals surface area contributed by atoms with Crippen molar-refractivity contribution in [2.45, 2.75) is 31.6 Å². The molecule has 1 aromatic rings. The fraction of sp³-hybridized carbons (Fsp3) is 0.462. The molecule has 0 aliphatic carbocycles. The average molecular weight is 321 g/mol. The van der Waals surface area contributed by atoms with Crippen LogP contribution in [0.15, 0.2) is 17.0 Å². The molecule has 0 fully saturated rings. The van der Waals surface area contributed by atoms with Crippen molar-refractivity contribution in [1.82, 2.24) is 4.72 Å². The highest BCUT2D eigenvalue weighted by Gasteiger charge is 2.27. The molecule has 0 saturated heterocycles. The molecule has 8 heteroatoms. The lowest BCUT2D eigenvalue weighted by atomic mass is 10.0. The van der Waals surface area contributed by atoms with Crippen LogP contribution in [0.4, 0.5) is 8.78 Å². The second kappa shape index (κ2) is 6.95. The van der Waals surface area contributed by atoms with E-state index in [0.717, 1.165) is 12.8 Å². The summed E-state index contributed by atoms with van der Waals surface area (Å²) >= 11 is 0. The van der Waals surface area contributed by atoms with Gasteiger partial charge < -0.3 is 5.11 Å². The van der Waals surface area contributed by atoms with Crippen LogP contribution in [0.2, 0.25) is 0 Å². The molecular weight excluding hydrogens is 304 g/mol. The first kappa shape index (κ1) is 17.5. The summed E-state index contributed by atoms with van der Waals surface area (Å²) < 4.78 is 53.4. The van der Waals surface area contributed by atoms with Gasteiger partial charge in [-0.05, 0) is 18.1 Å². The van der Waals surface area contributed by atoms with E-state index in [4.69, 9.17) is 5.11 Å². The van der Waals surface area contributed by atoms with Gasteiger partial charge >= 0.3 is 5.97 Å². The molecule has 21 heavy (non-hydrogen) atoms. The number of rotatable bonds is 7. The number of halogens is 2. The Bertz CT molecular complexity index is 627. The fourth-order valence-corrected chi connectivity index (χ4v) is 3.02. The van der Waals surface area contributed by atoms with E-state index >= 15 is 0 Å². The predicted octanol–water partition coefficient (Wildman–Crippen LogP) is 2.38. The molecule has 0 bridgehead atoms. The number of sulfonamides is 1. The van der Waals surface area contributed by atoms with Gasteiger partial charge in [0.15, 0.2) is 5.82 Å². The number of hydrogen-bond donors (Lipinski definition) is 2. The first-order valence-electron chi connectivity index (χ1n) is 6.45. The summed E-state index contributed by atoms with van der Waals surface area (Å²) in [5.41, 5.74) is -1.28. The molecule has 2 N–H and O–H groups in total. The van der Waals surface area contributed by atoms with E-state index in [-0.39, 0.29) is 12.5 Å². The molecule has 1 rings (SSSR count). The molecule has 0 aromatic heterocycles. The van der Waals surface area contributed by atoms with Gasteiger partial charge in [0.25, 0.3) is 0 Å². The monoisotopic (exact) mass is 321 g/mol. The lowest BCUT2D eigenvalue weighted by Crippen LogP contribution is -2.30. The minimum atomic E-state index is -4.23. The molecule has 0 aliphatic rings. The van der Waals surface area contributed by atoms with Crippen LogP contribution in [-0.4, -0.2) is 26.0 Å². The van der Waals surface area contributed by atoms with Gasteiger partial charge in [-0.15, -0.1) is 0 Å². The van der Waals surface area contributed by atoms with Crippen LogP contribution in [-0.2, 0) is 10.0 Å². The van der Waals surface area contributed by atoms with E-state index in [2.05, 4.69) is 4.72 Å². The van der Waals surface area contributed by atoms with Gasteiger partial charge in [-0.1, -0.05) is 26.7 Å². The Morgan fingerprint density at radius 1 is 1.29 bits per heavy atom. The molecule has 0 aliphatic heterocycles. The van der Waals surface area contributed by atoms with Crippen molar-refractivity contribution in [3.05, 3.63) is 29.3 Å². The van der Waals surface area contributed by atoms with Crippen LogP contribution in [0.3, 0.4) is 0 Å². The molecule has 0 saturated carbocycles. The average Bonchev–Trinajstić information content (AvgIpc) is 2.39. The van der Waals surface area contributed by atoms with Crippen molar-refractivity contribution in [2.24, 2.45) is 5.92 Å². The smallest absolute Gasteiger partial charge is 0.341 e. The normalized spacial score (nSPS) is 11.9. The minimum absolute atomic E-state index is 0.0854. The summed E-state index contributed by atoms with van der Waals surface area (Å²) in [5, 5.41) is 8.74. The van der Waals surface area contributed by atoms with Crippen LogP contribution in [0.25, 0.3) is 0 Å². The molecule has 0 heterocycles. The first-order valence-corrected chi connectivity index (χ1v) is 7.93. The van der Waals surface area contributed by atoms with Gasteiger partial charge in [-0.3, -0.25) is 0 Å². The van der Waals surface area contributed by atoms with E-state index < -0.39 is 38.1 Å². The quantitative estimate of drug-likeness (QED) is 0.807. The predicted molar refractivity (Wildman–Crippen MR) is 72.6 cm³/mol. The van der Waals surface area contributed by atoms with Crippen LogP contribution in [0.1, 0.15) is 37.0 Å². The zero-order valence-corrected chi connectivity index (χ0v) is 12.5. The van der Waals surface area contributed by atoms with Gasteiger partial charge in [0.2, 0.25) is 10.0 Å². The maximum Gasteiger partial charge on any atom is 0.341 e. The third kappa shape index (κ3) is 3.98. The molecular formula is C13H17F2NO4S. The highest BCUT2D eigenvalue weighted by molar-refractivity contribution is 7.89. The number of hydrogen-bond acceptors (Lipinski definition) is 3. The first-order chi connectivity index (χ1) is 9.74. The molecule has 0 unspecified atom stereocenters. The standard InChI is InChI=1S/C13H17F2NO4S/c1-3-8(4-2)7-16-21(19,20)10-6-5-9(14)11(12(10)15)13(17)18/h5-6,8,16H,3-4,7H2,1-2H3,(H,17,18). The Balaban J connectivity index is 3.15. The van der Waals surface area contributed by atoms with Crippen LogP contribution in [0, 0.1) is 17.6 Å². The van der Waals surface area contributed by atoms with Gasteiger partial charge in [0.1, 0.15) is 16.3 Å². The maximum atomic E-state index is 13.9. The number of aromatic carboxylic acids is 1. The summed E-state index contributed by atoms with van der Waals surface area (Å²) in [4.78, 5) is 9.92. The lowest BCUT2D eigenvalue weighted by molar-refractivity contribution is 0.0685. The van der Waals surface area contributed by atoms with Crippen molar-refractivity contribution in [3.63, 3.8) is 0 Å². The van der Waals surface area contributed by atoms with Gasteiger partial charge in [-0.25, -0.2) is 26.7 Å². The Labute approximate surface area is 122 Å². The van der Waals surface area contributed by atoms with Crippen LogP contribution >= 0.6 is 0 Å². The molecule has 0 spiro atoms. The summed E-state index contributed by atoms with van der Waals surface area (Å²) in [6.07, 6.45) is 1.48. The van der Waals surface area contributed by atoms with Crippen molar-refractivity contribution in [2.75, 3.05) is 6.54 Å². The molecule has 0 radical (unpaired) electrons. The van der Waals surface area contributed by atoms with Gasteiger partial charge in [-0.2, -0.15) is 0 Å². The number of nitrogens with one attached hydrogen (secondary N) is 1. The zero-order chi connectivity index (χ0) is 16.2. The highest BCUT2D eigenvalue weighted by Crippen LogP contribution is 2.21. The minimum Gasteiger partial charge on any atom is -0.477 e. The second-order valence-electron chi connectivity index (χ2n) is 4.57. The van der Waals surface area contributed by atoms with Crippen molar-refractivity contribution in [3.8, 4) is 0 Å². The SMILES string of the molecule is CCC(CC)CNS(=O)(=O)c1ccc(F)c(C(=O)O)c1F. The second-order valence-corrected chi connectivity index (χ2v) is 6.31. The third-order valence-corrected chi connectivity index (χ3v) is 4.72. The van der Waals surface area contributed by atoms with Crippen molar-refractivity contribution >= 4 is 16.0 Å². The Morgan fingerprint density at radius 2 is 1.86 bits per heavy atom. The molecule has 118 valence electrons. The maximum absolute atomic E-state index is 13.9. The van der Waals surface area contributed by atoms with E-state index in [1.54, 1.807) is 0 Å². The van der Waals surface area contributed by atoms with E-state index in [1.807, 2.05) is 13.8 Å². The zero-order valence-electron chi connectivity index (χ0n) is 11.7. The number of carboxylic acids is 1. The molecule has 5 nitrogen and oxygen atoms in total.